The van der Waals surface area contributed by atoms with Crippen LogP contribution in [0.5, 0.6) is 0 Å². The van der Waals surface area contributed by atoms with Gasteiger partial charge in [0.15, 0.2) is 0 Å². The van der Waals surface area contributed by atoms with E-state index in [9.17, 15) is 9.59 Å². The molecule has 0 spiro atoms. The molecular weight excluding hydrogens is 889 g/mol. The zero-order chi connectivity index (χ0) is 39.9. The van der Waals surface area contributed by atoms with Crippen LogP contribution < -0.4 is 0 Å². The minimum Gasteiger partial charge on any atom is -0.334 e. The Kier molecular flexibility index (Phi) is 11.2. The van der Waals surface area contributed by atoms with Crippen molar-refractivity contribution < 1.29 is 29.7 Å². The fourth-order valence-electron chi connectivity index (χ4n) is 8.51. The molecule has 5 heteroatoms. The Bertz CT molecular complexity index is 2650. The monoisotopic (exact) mass is 932 g/mol. The average molecular weight is 932 g/mol. The number of carbonyl (C=O) groups excluding carboxylic acids is 2. The molecule has 6 aromatic carbocycles. The van der Waals surface area contributed by atoms with Crippen LogP contribution in [-0.4, -0.2) is 21.5 Å². The van der Waals surface area contributed by atoms with Crippen LogP contribution in [0.4, 0.5) is 0 Å². The molecule has 0 bridgehead atoms. The number of ketones is 2. The molecule has 0 unspecified atom stereocenters. The van der Waals surface area contributed by atoms with Crippen LogP contribution in [0.2, 0.25) is 0 Å². The number of benzene rings is 6. The molecule has 8 aromatic rings. The van der Waals surface area contributed by atoms with Crippen molar-refractivity contribution in [3.8, 4) is 44.8 Å². The van der Waals surface area contributed by atoms with Gasteiger partial charge in [0.1, 0.15) is 0 Å². The van der Waals surface area contributed by atoms with Crippen LogP contribution in [0.3, 0.4) is 0 Å². The predicted molar refractivity (Wildman–Crippen MR) is 233 cm³/mol. The van der Waals surface area contributed by atoms with Crippen LogP contribution in [0.25, 0.3) is 66.3 Å². The van der Waals surface area contributed by atoms with Crippen molar-refractivity contribution in [3.05, 3.63) is 187 Å². The molecule has 2 aliphatic rings. The van der Waals surface area contributed by atoms with E-state index in [4.69, 9.17) is 0 Å². The molecule has 4 nitrogen and oxygen atoms in total. The zero-order valence-corrected chi connectivity index (χ0v) is 35.9. The predicted octanol–water partition coefficient (Wildman–Crippen LogP) is 12.4. The van der Waals surface area contributed by atoms with E-state index >= 15 is 0 Å². The van der Waals surface area contributed by atoms with Crippen LogP contribution >= 0.6 is 0 Å². The molecule has 0 aliphatic heterocycles. The minimum absolute atomic E-state index is 0. The molecule has 0 saturated heterocycles. The third-order valence-electron chi connectivity index (χ3n) is 11.3. The van der Waals surface area contributed by atoms with Crippen molar-refractivity contribution in [1.82, 2.24) is 9.97 Å². The Balaban J connectivity index is 0.000000150. The standard InChI is InChI=1S/2C24H18N.C5H7O2.Ir/c2*1-24(2)21-10-6-5-9-19(21)20-12-11-17(15-22(20)24)23-18-8-4-3-7-16(18)13-14-25-23;1-4(6)3-5(2)7;/h2*3-10,12-15H,1-2H3;3H,1-2H3;/q3*-1;+3. The summed E-state index contributed by atoms with van der Waals surface area (Å²) < 4.78 is 0. The van der Waals surface area contributed by atoms with E-state index in [1.54, 1.807) is 0 Å². The maximum atomic E-state index is 9.98. The maximum Gasteiger partial charge on any atom is 3.00 e. The Labute approximate surface area is 354 Å². The van der Waals surface area contributed by atoms with Gasteiger partial charge < -0.3 is 19.6 Å². The van der Waals surface area contributed by atoms with E-state index in [-0.39, 0.29) is 42.5 Å². The summed E-state index contributed by atoms with van der Waals surface area (Å²) in [5, 5.41) is 4.77. The third kappa shape index (κ3) is 7.33. The first-order chi connectivity index (χ1) is 27.4. The van der Waals surface area contributed by atoms with Gasteiger partial charge in [-0.05, 0) is 80.9 Å². The first-order valence-corrected chi connectivity index (χ1v) is 19.3. The fraction of sp³-hybridized carbons (Fsp3) is 0.151. The largest absolute Gasteiger partial charge is 3.00 e. The summed E-state index contributed by atoms with van der Waals surface area (Å²) in [6.07, 6.45) is 4.83. The second kappa shape index (κ2) is 16.1. The molecule has 286 valence electrons. The van der Waals surface area contributed by atoms with Gasteiger partial charge in [-0.25, -0.2) is 0 Å². The summed E-state index contributed by atoms with van der Waals surface area (Å²) in [6.45, 7) is 11.9. The smallest absolute Gasteiger partial charge is 0.334 e. The van der Waals surface area contributed by atoms with Crippen molar-refractivity contribution in [2.24, 2.45) is 0 Å². The van der Waals surface area contributed by atoms with Gasteiger partial charge >= 0.3 is 20.1 Å². The fourth-order valence-corrected chi connectivity index (χ4v) is 8.51. The summed E-state index contributed by atoms with van der Waals surface area (Å²) in [5.41, 5.74) is 14.9. The molecule has 10 rings (SSSR count). The molecule has 0 saturated carbocycles. The first-order valence-electron chi connectivity index (χ1n) is 19.3. The number of carbonyl (C=O) groups is 2. The molecule has 0 amide bonds. The molecular formula is C53H43IrN2O2. The van der Waals surface area contributed by atoms with Gasteiger partial charge in [-0.3, -0.25) is 6.42 Å². The van der Waals surface area contributed by atoms with Gasteiger partial charge in [0, 0.05) is 24.0 Å². The summed E-state index contributed by atoms with van der Waals surface area (Å²) in [7, 11) is 0. The van der Waals surface area contributed by atoms with E-state index in [2.05, 4.69) is 183 Å². The van der Waals surface area contributed by atoms with Gasteiger partial charge in [0.25, 0.3) is 0 Å². The number of fused-ring (bicyclic) bond motifs is 8. The normalized spacial score (nSPS) is 13.3. The maximum absolute atomic E-state index is 9.98. The number of hydrogen-bond acceptors (Lipinski definition) is 4. The molecule has 0 fully saturated rings. The SMILES string of the molecule is CC(=O)[CH-]C(C)=O.CC1(C)c2ccccc2-c2c[c-]c(-c3nccc4ccccc34)cc21.CC1(C)c2ccccc2-c2c[c-]c(-c3nccc4ccccc34)cc21.[Ir+3]. The van der Waals surface area contributed by atoms with Crippen molar-refractivity contribution in [2.45, 2.75) is 52.4 Å². The number of hydrogen-bond donors (Lipinski definition) is 0. The minimum atomic E-state index is -0.187. The molecule has 58 heavy (non-hydrogen) atoms. The molecule has 2 heterocycles. The number of aromatic nitrogens is 2. The number of Topliss-reactive ketones (excluding diaryl/α,β-unsaturated/α-hetero) is 2. The molecule has 0 atom stereocenters. The summed E-state index contributed by atoms with van der Waals surface area (Å²) in [4.78, 5) is 29.3. The van der Waals surface area contributed by atoms with E-state index in [1.165, 1.54) is 79.9 Å². The summed E-state index contributed by atoms with van der Waals surface area (Å²) in [5.74, 6) is -0.375. The Hall–Kier alpha value is -6.00. The molecule has 2 aliphatic carbocycles. The van der Waals surface area contributed by atoms with Crippen molar-refractivity contribution in [1.29, 1.82) is 0 Å². The third-order valence-corrected chi connectivity index (χ3v) is 11.3. The quantitative estimate of drug-likeness (QED) is 0.130. The number of pyridine rings is 2. The van der Waals surface area contributed by atoms with Gasteiger partial charge in [-0.15, -0.1) is 58.7 Å². The van der Waals surface area contributed by atoms with Crippen LogP contribution in [-0.2, 0) is 40.5 Å². The number of nitrogens with zero attached hydrogens (tertiary/aromatic N) is 2. The molecule has 2 aromatic heterocycles. The van der Waals surface area contributed by atoms with Gasteiger partial charge in [-0.1, -0.05) is 147 Å². The first kappa shape index (κ1) is 40.2. The van der Waals surface area contributed by atoms with Gasteiger partial charge in [-0.2, -0.15) is 0 Å². The van der Waals surface area contributed by atoms with Gasteiger partial charge in [0.05, 0.1) is 0 Å². The Morgan fingerprint density at radius 1 is 0.500 bits per heavy atom. The van der Waals surface area contributed by atoms with E-state index < -0.39 is 0 Å². The van der Waals surface area contributed by atoms with E-state index in [0.29, 0.717) is 0 Å². The van der Waals surface area contributed by atoms with Gasteiger partial charge in [0.2, 0.25) is 0 Å². The van der Waals surface area contributed by atoms with Crippen LogP contribution in [0.15, 0.2) is 146 Å². The molecule has 0 radical (unpaired) electrons. The number of rotatable bonds is 4. The van der Waals surface area contributed by atoms with Crippen molar-refractivity contribution in [2.75, 3.05) is 0 Å². The second-order valence-electron chi connectivity index (χ2n) is 15.8. The van der Waals surface area contributed by atoms with E-state index in [0.717, 1.165) is 28.9 Å². The van der Waals surface area contributed by atoms with E-state index in [1.807, 2.05) is 12.4 Å². The summed E-state index contributed by atoms with van der Waals surface area (Å²) >= 11 is 0. The molecule has 0 N–H and O–H groups in total. The second-order valence-corrected chi connectivity index (χ2v) is 15.8. The van der Waals surface area contributed by atoms with Crippen molar-refractivity contribution in [3.63, 3.8) is 0 Å². The average Bonchev–Trinajstić information content (AvgIpc) is 3.59. The summed E-state index contributed by atoms with van der Waals surface area (Å²) in [6, 6.07) is 54.2. The zero-order valence-electron chi connectivity index (χ0n) is 33.5. The Morgan fingerprint density at radius 3 is 1.28 bits per heavy atom. The van der Waals surface area contributed by atoms with Crippen LogP contribution in [0.1, 0.15) is 63.8 Å². The van der Waals surface area contributed by atoms with Crippen LogP contribution in [0, 0.1) is 18.6 Å². The Morgan fingerprint density at radius 2 is 0.879 bits per heavy atom. The topological polar surface area (TPSA) is 59.9 Å². The van der Waals surface area contributed by atoms with Crippen molar-refractivity contribution >= 4 is 33.1 Å².